The molecule has 0 heterocycles. The Morgan fingerprint density at radius 1 is 0.406 bits per heavy atom. The summed E-state index contributed by atoms with van der Waals surface area (Å²) in [5.41, 5.74) is 5.58. The third kappa shape index (κ3) is 7.03. The lowest BCUT2D eigenvalue weighted by molar-refractivity contribution is 0.558. The fraction of sp³-hybridized carbons (Fsp3) is 0.400. The van der Waals surface area contributed by atoms with E-state index in [1.165, 1.54) is 86.3 Å². The van der Waals surface area contributed by atoms with Crippen molar-refractivity contribution in [3.05, 3.63) is 91.0 Å². The summed E-state index contributed by atoms with van der Waals surface area (Å²) < 4.78 is 0. The van der Waals surface area contributed by atoms with Gasteiger partial charge in [0.25, 0.3) is 0 Å². The molecule has 0 unspecified atom stereocenters. The highest BCUT2D eigenvalue weighted by Crippen LogP contribution is 2.55. The van der Waals surface area contributed by atoms with Crippen molar-refractivity contribution in [1.82, 2.24) is 0 Å². The Hall–Kier alpha value is -1.95. The molecule has 0 aliphatic carbocycles. The van der Waals surface area contributed by atoms with Crippen molar-refractivity contribution < 1.29 is 0 Å². The molecule has 170 valence electrons. The van der Waals surface area contributed by atoms with Crippen LogP contribution in [0.25, 0.3) is 0 Å². The van der Waals surface area contributed by atoms with E-state index in [9.17, 15) is 0 Å². The van der Waals surface area contributed by atoms with E-state index >= 15 is 0 Å². The molecule has 3 aromatic rings. The molecule has 0 saturated carbocycles. The van der Waals surface area contributed by atoms with Crippen molar-refractivity contribution in [2.45, 2.75) is 64.2 Å². The predicted molar refractivity (Wildman–Crippen MR) is 145 cm³/mol. The zero-order valence-corrected chi connectivity index (χ0v) is 20.6. The second-order valence-corrected chi connectivity index (χ2v) is 12.5. The van der Waals surface area contributed by atoms with Gasteiger partial charge in [0.05, 0.1) is 6.16 Å². The molecule has 0 amide bonds. The Bertz CT molecular complexity index is 751. The minimum atomic E-state index is -1.64. The van der Waals surface area contributed by atoms with Crippen LogP contribution in [0.2, 0.25) is 0 Å². The Labute approximate surface area is 196 Å². The highest BCUT2D eigenvalue weighted by Gasteiger charge is 2.44. The fourth-order valence-corrected chi connectivity index (χ4v) is 9.20. The highest BCUT2D eigenvalue weighted by molar-refractivity contribution is 7.95. The molecule has 2 heteroatoms. The first-order valence-electron chi connectivity index (χ1n) is 12.6. The molecule has 0 aromatic heterocycles. The van der Waals surface area contributed by atoms with E-state index in [1.54, 1.807) is 0 Å². The number of unbranched alkanes of at least 4 members (excludes halogenated alkanes) is 9. The minimum Gasteiger partial charge on any atom is -0.330 e. The van der Waals surface area contributed by atoms with Crippen molar-refractivity contribution in [2.24, 2.45) is 5.73 Å². The average molecular weight is 447 g/mol. The summed E-state index contributed by atoms with van der Waals surface area (Å²) in [6.07, 6.45) is 14.6. The maximum Gasteiger partial charge on any atom is 0.112 e. The largest absolute Gasteiger partial charge is 0.330 e. The summed E-state index contributed by atoms with van der Waals surface area (Å²) in [6, 6.07) is 33.9. The van der Waals surface area contributed by atoms with Gasteiger partial charge in [0, 0.05) is 0 Å². The van der Waals surface area contributed by atoms with Crippen LogP contribution in [0.5, 0.6) is 0 Å². The van der Waals surface area contributed by atoms with Crippen molar-refractivity contribution in [1.29, 1.82) is 0 Å². The molecule has 0 saturated heterocycles. The third-order valence-corrected chi connectivity index (χ3v) is 11.1. The van der Waals surface area contributed by atoms with Gasteiger partial charge >= 0.3 is 0 Å². The molecular formula is C30H41NP+. The van der Waals surface area contributed by atoms with Crippen molar-refractivity contribution in [2.75, 3.05) is 12.7 Å². The molecule has 0 spiro atoms. The van der Waals surface area contributed by atoms with Gasteiger partial charge in [-0.3, -0.25) is 0 Å². The number of rotatable bonds is 15. The number of hydrogen-bond acceptors (Lipinski definition) is 1. The molecule has 1 nitrogen and oxygen atoms in total. The number of hydrogen-bond donors (Lipinski definition) is 1. The number of benzene rings is 3. The van der Waals surface area contributed by atoms with Crippen LogP contribution < -0.4 is 21.6 Å². The van der Waals surface area contributed by atoms with Crippen LogP contribution in [0.3, 0.4) is 0 Å². The zero-order valence-electron chi connectivity index (χ0n) is 19.7. The summed E-state index contributed by atoms with van der Waals surface area (Å²) >= 11 is 0. The highest BCUT2D eigenvalue weighted by atomic mass is 31.2. The van der Waals surface area contributed by atoms with Gasteiger partial charge in [-0.15, -0.1) is 0 Å². The van der Waals surface area contributed by atoms with E-state index in [2.05, 4.69) is 91.0 Å². The molecular weight excluding hydrogens is 405 g/mol. The van der Waals surface area contributed by atoms with Crippen LogP contribution in [0.15, 0.2) is 91.0 Å². The number of nitrogens with two attached hydrogens (primary N) is 1. The molecule has 0 bridgehead atoms. The first kappa shape index (κ1) is 24.7. The van der Waals surface area contributed by atoms with Crippen LogP contribution in [0.4, 0.5) is 0 Å². The first-order chi connectivity index (χ1) is 15.9. The minimum absolute atomic E-state index is 0.846. The van der Waals surface area contributed by atoms with Crippen molar-refractivity contribution >= 4 is 23.2 Å². The van der Waals surface area contributed by atoms with Gasteiger partial charge in [-0.1, -0.05) is 99.5 Å². The van der Waals surface area contributed by atoms with E-state index < -0.39 is 7.26 Å². The van der Waals surface area contributed by atoms with Gasteiger partial charge in [-0.2, -0.15) is 0 Å². The van der Waals surface area contributed by atoms with Crippen LogP contribution in [-0.4, -0.2) is 12.7 Å². The summed E-state index contributed by atoms with van der Waals surface area (Å²) in [6.45, 7) is 0.846. The Balaban J connectivity index is 1.64. The lowest BCUT2D eigenvalue weighted by atomic mass is 10.1. The van der Waals surface area contributed by atoms with Gasteiger partial charge in [-0.25, -0.2) is 0 Å². The summed E-state index contributed by atoms with van der Waals surface area (Å²) in [5, 5.41) is 4.53. The molecule has 3 rings (SSSR count). The molecule has 2 N–H and O–H groups in total. The van der Waals surface area contributed by atoms with Gasteiger partial charge in [0.1, 0.15) is 23.2 Å². The summed E-state index contributed by atoms with van der Waals surface area (Å²) in [4.78, 5) is 0. The molecule has 3 aromatic carbocycles. The fourth-order valence-electron chi connectivity index (χ4n) is 4.79. The summed E-state index contributed by atoms with van der Waals surface area (Å²) in [5.74, 6) is 0. The Kier molecular flexibility index (Phi) is 11.0. The average Bonchev–Trinajstić information content (AvgIpc) is 2.87. The second-order valence-electron chi connectivity index (χ2n) is 8.86. The van der Waals surface area contributed by atoms with E-state index in [1.807, 2.05) is 0 Å². The van der Waals surface area contributed by atoms with Gasteiger partial charge in [0.15, 0.2) is 0 Å². The first-order valence-corrected chi connectivity index (χ1v) is 14.6. The van der Waals surface area contributed by atoms with Crippen molar-refractivity contribution in [3.8, 4) is 0 Å². The van der Waals surface area contributed by atoms with Gasteiger partial charge in [-0.05, 0) is 62.2 Å². The van der Waals surface area contributed by atoms with E-state index in [4.69, 9.17) is 5.73 Å². The predicted octanol–water partition coefficient (Wildman–Crippen LogP) is 6.84. The molecule has 0 fully saturated rings. The molecule has 0 aliphatic heterocycles. The third-order valence-electron chi connectivity index (χ3n) is 6.54. The topological polar surface area (TPSA) is 26.0 Å². The van der Waals surface area contributed by atoms with Crippen LogP contribution >= 0.6 is 7.26 Å². The maximum atomic E-state index is 5.58. The van der Waals surface area contributed by atoms with E-state index in [0.717, 1.165) is 6.54 Å². The van der Waals surface area contributed by atoms with Gasteiger partial charge in [0.2, 0.25) is 0 Å². The van der Waals surface area contributed by atoms with Crippen LogP contribution in [0, 0.1) is 0 Å². The van der Waals surface area contributed by atoms with Gasteiger partial charge < -0.3 is 5.73 Å². The maximum absolute atomic E-state index is 5.58. The molecule has 32 heavy (non-hydrogen) atoms. The lowest BCUT2D eigenvalue weighted by Gasteiger charge is -2.27. The molecule has 0 radical (unpaired) electrons. The van der Waals surface area contributed by atoms with Crippen LogP contribution in [-0.2, 0) is 0 Å². The zero-order chi connectivity index (χ0) is 22.3. The van der Waals surface area contributed by atoms with E-state index in [0.29, 0.717) is 0 Å². The lowest BCUT2D eigenvalue weighted by Crippen LogP contribution is -2.33. The van der Waals surface area contributed by atoms with E-state index in [-0.39, 0.29) is 0 Å². The molecule has 0 aliphatic rings. The second kappa shape index (κ2) is 14.2. The Morgan fingerprint density at radius 2 is 0.719 bits per heavy atom. The standard InChI is InChI=1S/C30H41NP/c31-26-18-7-5-3-1-2-4-6-8-19-27-32(28-20-12-9-13-21-28,29-22-14-10-15-23-29)30-24-16-11-17-25-30/h9-17,20-25H,1-8,18-19,26-27,31H2/q+1. The Morgan fingerprint density at radius 3 is 1.06 bits per heavy atom. The monoisotopic (exact) mass is 446 g/mol. The molecule has 0 atom stereocenters. The van der Waals surface area contributed by atoms with Crippen molar-refractivity contribution in [3.63, 3.8) is 0 Å². The summed E-state index contributed by atoms with van der Waals surface area (Å²) in [7, 11) is -1.64. The SMILES string of the molecule is NCCCCCCCCCCCC[P+](c1ccccc1)(c1ccccc1)c1ccccc1. The van der Waals surface area contributed by atoms with Crippen LogP contribution in [0.1, 0.15) is 64.2 Å². The smallest absolute Gasteiger partial charge is 0.112 e. The quantitative estimate of drug-likeness (QED) is 0.201. The normalized spacial score (nSPS) is 11.5.